The third-order valence-electron chi connectivity index (χ3n) is 3.65. The maximum absolute atomic E-state index is 11.1. The van der Waals surface area contributed by atoms with Gasteiger partial charge in [0, 0.05) is 24.1 Å². The van der Waals surface area contributed by atoms with Crippen LogP contribution >= 0.6 is 0 Å². The van der Waals surface area contributed by atoms with Crippen LogP contribution in [-0.2, 0) is 10.2 Å². The second kappa shape index (κ2) is 3.91. The van der Waals surface area contributed by atoms with E-state index < -0.39 is 0 Å². The number of hydrogen-bond donors (Lipinski definition) is 1. The molecule has 5 nitrogen and oxygen atoms in total. The molecule has 1 aliphatic rings. The predicted molar refractivity (Wildman–Crippen MR) is 70.5 cm³/mol. The van der Waals surface area contributed by atoms with Gasteiger partial charge in [-0.2, -0.15) is 4.98 Å². The summed E-state index contributed by atoms with van der Waals surface area (Å²) in [4.78, 5) is 15.5. The lowest BCUT2D eigenvalue weighted by Crippen LogP contribution is -2.39. The minimum absolute atomic E-state index is 0.238. The van der Waals surface area contributed by atoms with E-state index in [2.05, 4.69) is 10.1 Å². The third kappa shape index (κ3) is 1.91. The van der Waals surface area contributed by atoms with Crippen LogP contribution in [0.5, 0.6) is 0 Å². The van der Waals surface area contributed by atoms with Gasteiger partial charge in [0.1, 0.15) is 5.78 Å². The molecule has 0 atom stereocenters. The van der Waals surface area contributed by atoms with Crippen LogP contribution in [0.1, 0.15) is 31.2 Å². The van der Waals surface area contributed by atoms with Crippen molar-refractivity contribution in [1.29, 1.82) is 0 Å². The molecule has 1 aromatic carbocycles. The summed E-state index contributed by atoms with van der Waals surface area (Å²) in [5, 5.41) is 3.98. The Morgan fingerprint density at radius 1 is 1.37 bits per heavy atom. The standard InChI is InChI=1S/C14H15N3O2/c1-8-3-4-9(5-11(8)15)12-16-13(19-17-12)14(2)6-10(18)7-14/h3-5H,6-7,15H2,1-2H3. The van der Waals surface area contributed by atoms with Crippen molar-refractivity contribution in [2.75, 3.05) is 5.73 Å². The highest BCUT2D eigenvalue weighted by atomic mass is 16.5. The Kier molecular flexibility index (Phi) is 2.45. The Balaban J connectivity index is 1.93. The molecular formula is C14H15N3O2. The van der Waals surface area contributed by atoms with E-state index in [-0.39, 0.29) is 11.2 Å². The van der Waals surface area contributed by atoms with Crippen molar-refractivity contribution < 1.29 is 9.32 Å². The Hall–Kier alpha value is -2.17. The van der Waals surface area contributed by atoms with Crippen LogP contribution in [0.15, 0.2) is 22.7 Å². The molecule has 2 aromatic rings. The Morgan fingerprint density at radius 2 is 2.11 bits per heavy atom. The molecule has 19 heavy (non-hydrogen) atoms. The van der Waals surface area contributed by atoms with E-state index in [0.717, 1.165) is 11.1 Å². The van der Waals surface area contributed by atoms with Gasteiger partial charge in [-0.3, -0.25) is 4.79 Å². The van der Waals surface area contributed by atoms with Crippen molar-refractivity contribution in [3.8, 4) is 11.4 Å². The van der Waals surface area contributed by atoms with Crippen molar-refractivity contribution in [3.63, 3.8) is 0 Å². The molecule has 1 aliphatic carbocycles. The number of anilines is 1. The van der Waals surface area contributed by atoms with Gasteiger partial charge in [-0.15, -0.1) is 0 Å². The van der Waals surface area contributed by atoms with Crippen LogP contribution in [0.3, 0.4) is 0 Å². The molecule has 3 rings (SSSR count). The number of nitrogen functional groups attached to an aromatic ring is 1. The molecule has 2 N–H and O–H groups in total. The number of hydrogen-bond acceptors (Lipinski definition) is 5. The van der Waals surface area contributed by atoms with Gasteiger partial charge in [0.05, 0.1) is 5.41 Å². The number of ketones is 1. The summed E-state index contributed by atoms with van der Waals surface area (Å²) < 4.78 is 5.29. The molecule has 1 saturated carbocycles. The van der Waals surface area contributed by atoms with E-state index in [1.165, 1.54) is 0 Å². The average Bonchev–Trinajstić information content (AvgIpc) is 2.81. The first-order valence-electron chi connectivity index (χ1n) is 6.20. The van der Waals surface area contributed by atoms with E-state index >= 15 is 0 Å². The summed E-state index contributed by atoms with van der Waals surface area (Å²) in [6.45, 7) is 3.91. The molecule has 0 amide bonds. The van der Waals surface area contributed by atoms with Crippen LogP contribution < -0.4 is 5.73 Å². The van der Waals surface area contributed by atoms with Gasteiger partial charge in [0.25, 0.3) is 0 Å². The first-order valence-corrected chi connectivity index (χ1v) is 6.20. The minimum Gasteiger partial charge on any atom is -0.398 e. The normalized spacial score (nSPS) is 17.3. The van der Waals surface area contributed by atoms with Gasteiger partial charge < -0.3 is 10.3 Å². The Bertz CT molecular complexity index is 652. The van der Waals surface area contributed by atoms with E-state index in [0.29, 0.717) is 30.2 Å². The number of nitrogens with two attached hydrogens (primary N) is 1. The largest absolute Gasteiger partial charge is 0.398 e. The fraction of sp³-hybridized carbons (Fsp3) is 0.357. The van der Waals surface area contributed by atoms with Gasteiger partial charge >= 0.3 is 0 Å². The lowest BCUT2D eigenvalue weighted by Gasteiger charge is -2.32. The van der Waals surface area contributed by atoms with Gasteiger partial charge in [-0.1, -0.05) is 17.3 Å². The number of benzene rings is 1. The molecular weight excluding hydrogens is 242 g/mol. The lowest BCUT2D eigenvalue weighted by atomic mass is 9.69. The fourth-order valence-corrected chi connectivity index (χ4v) is 2.34. The quantitative estimate of drug-likeness (QED) is 0.834. The highest BCUT2D eigenvalue weighted by Gasteiger charge is 2.45. The number of rotatable bonds is 2. The summed E-state index contributed by atoms with van der Waals surface area (Å²) in [5.41, 5.74) is 8.13. The first kappa shape index (κ1) is 11.9. The topological polar surface area (TPSA) is 82.0 Å². The Labute approximate surface area is 110 Å². The summed E-state index contributed by atoms with van der Waals surface area (Å²) in [6, 6.07) is 5.67. The summed E-state index contributed by atoms with van der Waals surface area (Å²) in [6.07, 6.45) is 0.954. The maximum Gasteiger partial charge on any atom is 0.233 e. The maximum atomic E-state index is 11.1. The molecule has 0 radical (unpaired) electrons. The number of aryl methyl sites for hydroxylation is 1. The lowest BCUT2D eigenvalue weighted by molar-refractivity contribution is -0.128. The van der Waals surface area contributed by atoms with Crippen LogP contribution in [0, 0.1) is 6.92 Å². The smallest absolute Gasteiger partial charge is 0.233 e. The van der Waals surface area contributed by atoms with E-state index in [9.17, 15) is 4.79 Å². The highest BCUT2D eigenvalue weighted by molar-refractivity contribution is 5.87. The van der Waals surface area contributed by atoms with Crippen molar-refractivity contribution in [2.45, 2.75) is 32.1 Å². The van der Waals surface area contributed by atoms with Crippen LogP contribution in [-0.4, -0.2) is 15.9 Å². The molecule has 0 aliphatic heterocycles. The van der Waals surface area contributed by atoms with Gasteiger partial charge in [0.15, 0.2) is 0 Å². The fourth-order valence-electron chi connectivity index (χ4n) is 2.34. The minimum atomic E-state index is -0.293. The summed E-state index contributed by atoms with van der Waals surface area (Å²) in [7, 11) is 0. The zero-order chi connectivity index (χ0) is 13.6. The van der Waals surface area contributed by atoms with Gasteiger partial charge in [-0.05, 0) is 25.5 Å². The van der Waals surface area contributed by atoms with Crippen LogP contribution in [0.2, 0.25) is 0 Å². The van der Waals surface area contributed by atoms with Crippen molar-refractivity contribution >= 4 is 11.5 Å². The zero-order valence-corrected chi connectivity index (χ0v) is 10.9. The molecule has 1 heterocycles. The van der Waals surface area contributed by atoms with E-state index in [4.69, 9.17) is 10.3 Å². The van der Waals surface area contributed by atoms with Crippen molar-refractivity contribution in [2.24, 2.45) is 0 Å². The van der Waals surface area contributed by atoms with Crippen molar-refractivity contribution in [1.82, 2.24) is 10.1 Å². The van der Waals surface area contributed by atoms with Gasteiger partial charge in [0.2, 0.25) is 11.7 Å². The number of nitrogens with zero attached hydrogens (tertiary/aromatic N) is 2. The van der Waals surface area contributed by atoms with E-state index in [1.54, 1.807) is 0 Å². The third-order valence-corrected chi connectivity index (χ3v) is 3.65. The van der Waals surface area contributed by atoms with E-state index in [1.807, 2.05) is 32.0 Å². The summed E-state index contributed by atoms with van der Waals surface area (Å²) in [5.74, 6) is 1.28. The molecule has 0 bridgehead atoms. The number of Topliss-reactive ketones (excluding diaryl/α,β-unsaturated/α-hetero) is 1. The van der Waals surface area contributed by atoms with Crippen LogP contribution in [0.25, 0.3) is 11.4 Å². The molecule has 1 aromatic heterocycles. The first-order chi connectivity index (χ1) is 8.98. The number of carbonyl (C=O) groups excluding carboxylic acids is 1. The molecule has 98 valence electrons. The predicted octanol–water partition coefficient (Wildman–Crippen LogP) is 2.25. The molecule has 5 heteroatoms. The molecule has 1 fully saturated rings. The number of carbonyl (C=O) groups is 1. The molecule has 0 spiro atoms. The second-order valence-electron chi connectivity index (χ2n) is 5.45. The molecule has 0 unspecified atom stereocenters. The SMILES string of the molecule is Cc1ccc(-c2noc(C3(C)CC(=O)C3)n2)cc1N. The molecule has 0 saturated heterocycles. The highest BCUT2D eigenvalue weighted by Crippen LogP contribution is 2.40. The monoisotopic (exact) mass is 257 g/mol. The van der Waals surface area contributed by atoms with Crippen molar-refractivity contribution in [3.05, 3.63) is 29.7 Å². The Morgan fingerprint density at radius 3 is 2.74 bits per heavy atom. The zero-order valence-electron chi connectivity index (χ0n) is 10.9. The van der Waals surface area contributed by atoms with Crippen LogP contribution in [0.4, 0.5) is 5.69 Å². The van der Waals surface area contributed by atoms with Gasteiger partial charge in [-0.25, -0.2) is 0 Å². The summed E-state index contributed by atoms with van der Waals surface area (Å²) >= 11 is 0. The second-order valence-corrected chi connectivity index (χ2v) is 5.45. The average molecular weight is 257 g/mol. The number of aromatic nitrogens is 2.